The van der Waals surface area contributed by atoms with Gasteiger partial charge in [0.25, 0.3) is 5.56 Å². The van der Waals surface area contributed by atoms with E-state index in [-0.39, 0.29) is 11.5 Å². The van der Waals surface area contributed by atoms with Crippen LogP contribution in [0.25, 0.3) is 11.5 Å². The monoisotopic (exact) mass is 446 g/mol. The lowest BCUT2D eigenvalue weighted by Crippen LogP contribution is -2.51. The highest BCUT2D eigenvalue weighted by Crippen LogP contribution is 2.28. The summed E-state index contributed by atoms with van der Waals surface area (Å²) in [5.74, 6) is 0.397. The van der Waals surface area contributed by atoms with Crippen molar-refractivity contribution in [3.05, 3.63) is 69.1 Å². The van der Waals surface area contributed by atoms with Gasteiger partial charge in [-0.05, 0) is 43.3 Å². The van der Waals surface area contributed by atoms with Crippen molar-refractivity contribution in [2.75, 3.05) is 31.1 Å². The normalized spacial score (nSPS) is 15.3. The van der Waals surface area contributed by atoms with Gasteiger partial charge < -0.3 is 14.2 Å². The van der Waals surface area contributed by atoms with Gasteiger partial charge in [0.2, 0.25) is 5.91 Å². The molecule has 0 saturated carbocycles. The highest BCUT2D eigenvalue weighted by atomic mass is 35.5. The van der Waals surface area contributed by atoms with E-state index in [2.05, 4.69) is 10.00 Å². The molecule has 0 radical (unpaired) electrons. The van der Waals surface area contributed by atoms with Crippen molar-refractivity contribution in [2.45, 2.75) is 13.0 Å². The lowest BCUT2D eigenvalue weighted by atomic mass is 10.2. The third-order valence-electron chi connectivity index (χ3n) is 5.18. The van der Waals surface area contributed by atoms with Crippen molar-refractivity contribution >= 4 is 34.8 Å². The van der Waals surface area contributed by atoms with E-state index in [0.29, 0.717) is 47.7 Å². The number of rotatable bonds is 4. The Morgan fingerprint density at radius 3 is 2.50 bits per heavy atom. The number of amides is 1. The second kappa shape index (κ2) is 8.53. The Balaban J connectivity index is 1.46. The van der Waals surface area contributed by atoms with Gasteiger partial charge in [0.15, 0.2) is 5.76 Å². The van der Waals surface area contributed by atoms with E-state index in [1.165, 1.54) is 17.0 Å². The molecule has 0 N–H and O–H groups in total. The zero-order valence-electron chi connectivity index (χ0n) is 16.3. The van der Waals surface area contributed by atoms with Gasteiger partial charge in [0.05, 0.1) is 16.3 Å². The predicted molar refractivity (Wildman–Crippen MR) is 116 cm³/mol. The van der Waals surface area contributed by atoms with E-state index in [9.17, 15) is 9.59 Å². The van der Waals surface area contributed by atoms with E-state index in [1.54, 1.807) is 36.1 Å². The second-order valence-corrected chi connectivity index (χ2v) is 7.88. The van der Waals surface area contributed by atoms with Crippen LogP contribution in [-0.2, 0) is 4.79 Å². The number of hydrogen-bond acceptors (Lipinski definition) is 5. The molecule has 3 aromatic rings. The van der Waals surface area contributed by atoms with Crippen LogP contribution >= 0.6 is 23.2 Å². The van der Waals surface area contributed by atoms with Gasteiger partial charge in [-0.15, -0.1) is 0 Å². The molecule has 1 atom stereocenters. The fraction of sp³-hybridized carbons (Fsp3) is 0.286. The molecule has 1 saturated heterocycles. The molecule has 1 amide bonds. The summed E-state index contributed by atoms with van der Waals surface area (Å²) in [6, 6.07) is 11.3. The number of halogens is 2. The number of aromatic nitrogens is 2. The maximum atomic E-state index is 13.0. The number of furan rings is 1. The van der Waals surface area contributed by atoms with Crippen LogP contribution < -0.4 is 10.5 Å². The molecule has 9 heteroatoms. The topological polar surface area (TPSA) is 71.6 Å². The van der Waals surface area contributed by atoms with Crippen LogP contribution in [-0.4, -0.2) is 46.8 Å². The van der Waals surface area contributed by atoms with Crippen LogP contribution in [0.4, 0.5) is 5.69 Å². The van der Waals surface area contributed by atoms with Crippen LogP contribution in [0.5, 0.6) is 0 Å². The standard InChI is InChI=1S/C21H20Cl2N4O3/c1-14(27-20(28)7-6-18(24-27)19-3-2-12-30-19)21(29)26-10-8-25(9-11-26)15-4-5-16(22)17(23)13-15/h2-7,12-14H,8-11H2,1H3. The smallest absolute Gasteiger partial charge is 0.267 e. The average Bonchev–Trinajstić information content (AvgIpc) is 3.30. The molecule has 3 heterocycles. The number of anilines is 1. The molecule has 0 spiro atoms. The summed E-state index contributed by atoms with van der Waals surface area (Å²) in [6.07, 6.45) is 1.54. The van der Waals surface area contributed by atoms with Gasteiger partial charge in [-0.2, -0.15) is 5.10 Å². The quantitative estimate of drug-likeness (QED) is 0.610. The summed E-state index contributed by atoms with van der Waals surface area (Å²) < 4.78 is 6.56. The molecule has 4 rings (SSSR count). The van der Waals surface area contributed by atoms with Crippen LogP contribution in [0.1, 0.15) is 13.0 Å². The molecule has 0 bridgehead atoms. The van der Waals surface area contributed by atoms with Crippen molar-refractivity contribution in [3.8, 4) is 11.5 Å². The van der Waals surface area contributed by atoms with Gasteiger partial charge in [-0.25, -0.2) is 4.68 Å². The molecule has 156 valence electrons. The number of carbonyl (C=O) groups excluding carboxylic acids is 1. The first-order chi connectivity index (χ1) is 14.4. The summed E-state index contributed by atoms with van der Waals surface area (Å²) in [5, 5.41) is 5.35. The van der Waals surface area contributed by atoms with Gasteiger partial charge in [0.1, 0.15) is 11.7 Å². The summed E-state index contributed by atoms with van der Waals surface area (Å²) in [7, 11) is 0. The van der Waals surface area contributed by atoms with E-state index in [0.717, 1.165) is 5.69 Å². The molecular weight excluding hydrogens is 427 g/mol. The predicted octanol–water partition coefficient (Wildman–Crippen LogP) is 3.72. The molecule has 1 aliphatic rings. The SMILES string of the molecule is CC(C(=O)N1CCN(c2ccc(Cl)c(Cl)c2)CC1)n1nc(-c2ccco2)ccc1=O. The Labute approximate surface area is 183 Å². The van der Waals surface area contributed by atoms with Gasteiger partial charge >= 0.3 is 0 Å². The summed E-state index contributed by atoms with van der Waals surface area (Å²) in [6.45, 7) is 4.08. The minimum Gasteiger partial charge on any atom is -0.463 e. The van der Waals surface area contributed by atoms with E-state index < -0.39 is 6.04 Å². The minimum atomic E-state index is -0.719. The van der Waals surface area contributed by atoms with E-state index in [1.807, 2.05) is 12.1 Å². The Hall–Kier alpha value is -2.77. The Bertz CT molecular complexity index is 1110. The zero-order valence-corrected chi connectivity index (χ0v) is 17.8. The maximum Gasteiger partial charge on any atom is 0.267 e. The molecule has 1 aromatic carbocycles. The third kappa shape index (κ3) is 4.08. The van der Waals surface area contributed by atoms with Crippen LogP contribution in [0.2, 0.25) is 10.0 Å². The molecule has 1 aliphatic heterocycles. The summed E-state index contributed by atoms with van der Waals surface area (Å²) in [4.78, 5) is 29.3. The fourth-order valence-corrected chi connectivity index (χ4v) is 3.79. The number of carbonyl (C=O) groups is 1. The third-order valence-corrected chi connectivity index (χ3v) is 5.92. The minimum absolute atomic E-state index is 0.144. The first-order valence-corrected chi connectivity index (χ1v) is 10.3. The van der Waals surface area contributed by atoms with Crippen molar-refractivity contribution in [2.24, 2.45) is 0 Å². The molecule has 2 aromatic heterocycles. The summed E-state index contributed by atoms with van der Waals surface area (Å²) in [5.41, 5.74) is 1.14. The Morgan fingerprint density at radius 2 is 1.83 bits per heavy atom. The Kier molecular flexibility index (Phi) is 5.83. The van der Waals surface area contributed by atoms with Crippen molar-refractivity contribution < 1.29 is 9.21 Å². The van der Waals surface area contributed by atoms with Crippen LogP contribution in [0, 0.1) is 0 Å². The lowest BCUT2D eigenvalue weighted by molar-refractivity contribution is -0.135. The second-order valence-electron chi connectivity index (χ2n) is 7.07. The molecule has 0 aliphatic carbocycles. The van der Waals surface area contributed by atoms with Crippen LogP contribution in [0.15, 0.2) is 57.9 Å². The average molecular weight is 447 g/mol. The number of benzene rings is 1. The van der Waals surface area contributed by atoms with Gasteiger partial charge in [-0.3, -0.25) is 9.59 Å². The van der Waals surface area contributed by atoms with Crippen molar-refractivity contribution in [3.63, 3.8) is 0 Å². The number of nitrogens with zero attached hydrogens (tertiary/aromatic N) is 4. The largest absolute Gasteiger partial charge is 0.463 e. The molecular formula is C21H20Cl2N4O3. The van der Waals surface area contributed by atoms with E-state index >= 15 is 0 Å². The first kappa shape index (κ1) is 20.5. The van der Waals surface area contributed by atoms with Gasteiger partial charge in [0, 0.05) is 37.9 Å². The molecule has 30 heavy (non-hydrogen) atoms. The molecule has 1 unspecified atom stereocenters. The zero-order chi connectivity index (χ0) is 21.3. The van der Waals surface area contributed by atoms with Crippen molar-refractivity contribution in [1.82, 2.24) is 14.7 Å². The Morgan fingerprint density at radius 1 is 1.07 bits per heavy atom. The molecule has 1 fully saturated rings. The van der Waals surface area contributed by atoms with Gasteiger partial charge in [-0.1, -0.05) is 23.2 Å². The van der Waals surface area contributed by atoms with Crippen molar-refractivity contribution in [1.29, 1.82) is 0 Å². The lowest BCUT2D eigenvalue weighted by Gasteiger charge is -2.37. The fourth-order valence-electron chi connectivity index (χ4n) is 3.49. The number of piperazine rings is 1. The summed E-state index contributed by atoms with van der Waals surface area (Å²) >= 11 is 12.1. The molecule has 7 nitrogen and oxygen atoms in total. The van der Waals surface area contributed by atoms with E-state index in [4.69, 9.17) is 27.6 Å². The maximum absolute atomic E-state index is 13.0. The van der Waals surface area contributed by atoms with Crippen LogP contribution in [0.3, 0.4) is 0 Å². The highest BCUT2D eigenvalue weighted by molar-refractivity contribution is 6.42. The highest BCUT2D eigenvalue weighted by Gasteiger charge is 2.27. The first-order valence-electron chi connectivity index (χ1n) is 9.56. The number of hydrogen-bond donors (Lipinski definition) is 0.